The summed E-state index contributed by atoms with van der Waals surface area (Å²) < 4.78 is 10.5. The Hall–Kier alpha value is -2.96. The maximum absolute atomic E-state index is 11.5. The van der Waals surface area contributed by atoms with Crippen LogP contribution in [0.15, 0.2) is 36.7 Å². The van der Waals surface area contributed by atoms with Crippen molar-refractivity contribution in [1.82, 2.24) is 4.98 Å². The van der Waals surface area contributed by atoms with Crippen LogP contribution < -0.4 is 4.74 Å². The molecule has 0 saturated heterocycles. The van der Waals surface area contributed by atoms with Crippen LogP contribution in [-0.4, -0.2) is 23.0 Å². The van der Waals surface area contributed by atoms with Crippen LogP contribution >= 0.6 is 0 Å². The summed E-state index contributed by atoms with van der Waals surface area (Å²) in [5.41, 5.74) is 2.18. The molecule has 2 aromatic rings. The highest BCUT2D eigenvalue weighted by Crippen LogP contribution is 2.36. The Morgan fingerprint density at radius 1 is 1.35 bits per heavy atom. The number of rotatable bonds is 4. The number of ether oxygens (including phenoxy) is 2. The Kier molecular flexibility index (Phi) is 3.92. The van der Waals surface area contributed by atoms with Gasteiger partial charge in [-0.25, -0.2) is 4.79 Å². The number of non-ortho nitro benzene ring substituents is 1. The van der Waals surface area contributed by atoms with E-state index >= 15 is 0 Å². The van der Waals surface area contributed by atoms with E-state index in [2.05, 4.69) is 9.72 Å². The number of aryl methyl sites for hydroxylation is 1. The molecule has 0 N–H and O–H groups in total. The van der Waals surface area contributed by atoms with E-state index in [1.54, 1.807) is 18.2 Å². The molecule has 7 heteroatoms. The number of pyridine rings is 1. The minimum Gasteiger partial charge on any atom is -0.484 e. The number of esters is 1. The second kappa shape index (κ2) is 6.04. The van der Waals surface area contributed by atoms with Crippen molar-refractivity contribution in [2.24, 2.45) is 0 Å². The summed E-state index contributed by atoms with van der Waals surface area (Å²) >= 11 is 0. The van der Waals surface area contributed by atoms with Gasteiger partial charge < -0.3 is 9.47 Å². The molecule has 0 radical (unpaired) electrons. The van der Waals surface area contributed by atoms with Crippen LogP contribution in [0.2, 0.25) is 0 Å². The van der Waals surface area contributed by atoms with E-state index in [4.69, 9.17) is 4.74 Å². The summed E-state index contributed by atoms with van der Waals surface area (Å²) in [5.74, 6) is -0.0670. The van der Waals surface area contributed by atoms with Crippen molar-refractivity contribution in [2.45, 2.75) is 18.9 Å². The van der Waals surface area contributed by atoms with Gasteiger partial charge >= 0.3 is 5.97 Å². The smallest absolute Gasteiger partial charge is 0.339 e. The van der Waals surface area contributed by atoms with E-state index in [1.165, 1.54) is 25.6 Å². The molecule has 0 fully saturated rings. The molecule has 0 amide bonds. The predicted molar refractivity (Wildman–Crippen MR) is 80.4 cm³/mol. The first kappa shape index (κ1) is 15.0. The second-order valence-corrected chi connectivity index (χ2v) is 5.19. The minimum atomic E-state index is -0.495. The molecule has 1 heterocycles. The lowest BCUT2D eigenvalue weighted by Crippen LogP contribution is -2.06. The van der Waals surface area contributed by atoms with Crippen molar-refractivity contribution in [2.75, 3.05) is 7.11 Å². The lowest BCUT2D eigenvalue weighted by molar-refractivity contribution is -0.385. The maximum Gasteiger partial charge on any atom is 0.339 e. The normalized spacial score (nSPS) is 15.8. The monoisotopic (exact) mass is 314 g/mol. The van der Waals surface area contributed by atoms with Gasteiger partial charge in [0.15, 0.2) is 0 Å². The molecule has 23 heavy (non-hydrogen) atoms. The molecule has 0 saturated carbocycles. The van der Waals surface area contributed by atoms with Gasteiger partial charge in [-0.15, -0.1) is 0 Å². The number of fused-ring (bicyclic) bond motifs is 1. The largest absolute Gasteiger partial charge is 0.484 e. The first-order valence-electron chi connectivity index (χ1n) is 7.05. The average molecular weight is 314 g/mol. The molecule has 0 aliphatic heterocycles. The highest BCUT2D eigenvalue weighted by molar-refractivity contribution is 5.89. The van der Waals surface area contributed by atoms with Crippen LogP contribution in [0.5, 0.6) is 5.75 Å². The van der Waals surface area contributed by atoms with Crippen molar-refractivity contribution in [3.05, 3.63) is 63.5 Å². The average Bonchev–Trinajstić information content (AvgIpc) is 2.96. The number of hydrogen-bond donors (Lipinski definition) is 0. The fraction of sp³-hybridized carbons (Fsp3) is 0.250. The Balaban J connectivity index is 1.85. The molecule has 1 aromatic heterocycles. The number of nitrogens with zero attached hydrogens (tertiary/aromatic N) is 2. The van der Waals surface area contributed by atoms with Crippen LogP contribution in [0.4, 0.5) is 5.69 Å². The summed E-state index contributed by atoms with van der Waals surface area (Å²) in [5, 5.41) is 10.9. The summed E-state index contributed by atoms with van der Waals surface area (Å²) in [6.45, 7) is 0. The van der Waals surface area contributed by atoms with Crippen LogP contribution in [0.25, 0.3) is 0 Å². The van der Waals surface area contributed by atoms with Crippen molar-refractivity contribution < 1.29 is 19.2 Å². The Bertz CT molecular complexity index is 775. The third kappa shape index (κ3) is 2.98. The molecular weight excluding hydrogens is 300 g/mol. The van der Waals surface area contributed by atoms with Crippen LogP contribution in [-0.2, 0) is 11.2 Å². The Morgan fingerprint density at radius 3 is 2.91 bits per heavy atom. The Morgan fingerprint density at radius 2 is 2.17 bits per heavy atom. The van der Waals surface area contributed by atoms with Gasteiger partial charge in [-0.2, -0.15) is 0 Å². The molecule has 1 atom stereocenters. The molecule has 1 aliphatic carbocycles. The molecule has 1 aromatic carbocycles. The van der Waals surface area contributed by atoms with Gasteiger partial charge in [0.2, 0.25) is 0 Å². The molecule has 0 bridgehead atoms. The number of aromatic nitrogens is 1. The van der Waals surface area contributed by atoms with Gasteiger partial charge in [-0.3, -0.25) is 15.1 Å². The zero-order valence-electron chi connectivity index (χ0n) is 12.4. The van der Waals surface area contributed by atoms with Crippen molar-refractivity contribution in [1.29, 1.82) is 0 Å². The molecule has 7 nitrogen and oxygen atoms in total. The van der Waals surface area contributed by atoms with Crippen molar-refractivity contribution in [3.63, 3.8) is 0 Å². The second-order valence-electron chi connectivity index (χ2n) is 5.19. The van der Waals surface area contributed by atoms with E-state index in [0.29, 0.717) is 11.3 Å². The van der Waals surface area contributed by atoms with Gasteiger partial charge in [0.25, 0.3) is 5.69 Å². The van der Waals surface area contributed by atoms with Gasteiger partial charge in [0.05, 0.1) is 23.8 Å². The number of carbonyl (C=O) groups is 1. The van der Waals surface area contributed by atoms with E-state index in [-0.39, 0.29) is 11.8 Å². The van der Waals surface area contributed by atoms with Crippen molar-refractivity contribution in [3.8, 4) is 5.75 Å². The molecular formula is C16H14N2O5. The molecule has 118 valence electrons. The SMILES string of the molecule is COC(=O)c1cncc(OC2CCc3ccc([N+](=O)[O-])cc32)c1. The predicted octanol–water partition coefficient (Wildman–Crippen LogP) is 2.84. The summed E-state index contributed by atoms with van der Waals surface area (Å²) in [6, 6.07) is 6.36. The third-order valence-electron chi connectivity index (χ3n) is 3.78. The maximum atomic E-state index is 11.5. The third-order valence-corrected chi connectivity index (χ3v) is 3.78. The first-order valence-corrected chi connectivity index (χ1v) is 7.05. The fourth-order valence-corrected chi connectivity index (χ4v) is 2.66. The van der Waals surface area contributed by atoms with Gasteiger partial charge in [-0.1, -0.05) is 6.07 Å². The van der Waals surface area contributed by atoms with Gasteiger partial charge in [0, 0.05) is 23.9 Å². The summed E-state index contributed by atoms with van der Waals surface area (Å²) in [6.07, 6.45) is 4.12. The Labute approximate surface area is 132 Å². The van der Waals surface area contributed by atoms with Crippen LogP contribution in [0.1, 0.15) is 34.0 Å². The van der Waals surface area contributed by atoms with E-state index in [1.807, 2.05) is 0 Å². The van der Waals surface area contributed by atoms with E-state index in [0.717, 1.165) is 24.0 Å². The van der Waals surface area contributed by atoms with Gasteiger partial charge in [0.1, 0.15) is 11.9 Å². The zero-order chi connectivity index (χ0) is 16.4. The standard InChI is InChI=1S/C16H14N2O5/c1-22-16(19)11-6-13(9-17-8-11)23-15-5-3-10-2-4-12(18(20)21)7-14(10)15/h2,4,6-9,15H,3,5H2,1H3. The number of benzene rings is 1. The van der Waals surface area contributed by atoms with Crippen LogP contribution in [0, 0.1) is 10.1 Å². The zero-order valence-corrected chi connectivity index (χ0v) is 12.4. The number of nitro benzene ring substituents is 1. The number of hydrogen-bond acceptors (Lipinski definition) is 6. The number of carbonyl (C=O) groups excluding carboxylic acids is 1. The highest BCUT2D eigenvalue weighted by Gasteiger charge is 2.26. The lowest BCUT2D eigenvalue weighted by atomic mass is 10.1. The molecule has 0 spiro atoms. The lowest BCUT2D eigenvalue weighted by Gasteiger charge is -2.15. The van der Waals surface area contributed by atoms with E-state index in [9.17, 15) is 14.9 Å². The summed E-state index contributed by atoms with van der Waals surface area (Å²) in [4.78, 5) is 26.0. The topological polar surface area (TPSA) is 91.6 Å². The van der Waals surface area contributed by atoms with Gasteiger partial charge in [-0.05, 0) is 24.5 Å². The quantitative estimate of drug-likeness (QED) is 0.489. The first-order chi connectivity index (χ1) is 11.1. The molecule has 1 aliphatic rings. The minimum absolute atomic E-state index is 0.0423. The fourth-order valence-electron chi connectivity index (χ4n) is 2.66. The molecule has 1 unspecified atom stereocenters. The summed E-state index contributed by atoms with van der Waals surface area (Å²) in [7, 11) is 1.29. The highest BCUT2D eigenvalue weighted by atomic mass is 16.6. The van der Waals surface area contributed by atoms with Crippen molar-refractivity contribution >= 4 is 11.7 Å². The number of methoxy groups -OCH3 is 1. The number of nitro groups is 1. The van der Waals surface area contributed by atoms with Crippen LogP contribution in [0.3, 0.4) is 0 Å². The van der Waals surface area contributed by atoms with E-state index < -0.39 is 10.9 Å². The molecule has 3 rings (SSSR count).